The molecule has 0 saturated heterocycles. The van der Waals surface area contributed by atoms with Crippen molar-refractivity contribution in [1.29, 1.82) is 0 Å². The van der Waals surface area contributed by atoms with Crippen molar-refractivity contribution >= 4 is 12.3 Å². The largest absolute Gasteiger partial charge is 0.515 e. The summed E-state index contributed by atoms with van der Waals surface area (Å²) >= 11 is 0. The lowest BCUT2D eigenvalue weighted by Gasteiger charge is -2.13. The van der Waals surface area contributed by atoms with Gasteiger partial charge in [-0.1, -0.05) is 48.5 Å². The lowest BCUT2D eigenvalue weighted by Crippen LogP contribution is -2.19. The number of aliphatic hydroxyl groups excluding tert-OH is 1. The van der Waals surface area contributed by atoms with Crippen LogP contribution in [0.5, 0.6) is 5.75 Å². The summed E-state index contributed by atoms with van der Waals surface area (Å²) in [7, 11) is 0. The number of aldehydes is 1. The molecular weight excluding hydrogens is 296 g/mol. The van der Waals surface area contributed by atoms with E-state index in [1.54, 1.807) is 31.2 Å². The number of carbonyl (C=O) groups is 2. The molecule has 1 unspecified atom stereocenters. The summed E-state index contributed by atoms with van der Waals surface area (Å²) in [5.74, 6) is -0.0355. The van der Waals surface area contributed by atoms with Gasteiger partial charge in [0.05, 0.1) is 12.3 Å². The first-order valence-electron chi connectivity index (χ1n) is 6.89. The molecule has 0 radical (unpaired) electrons. The highest BCUT2D eigenvalue weighted by atomic mass is 16.7. The highest BCUT2D eigenvalue weighted by molar-refractivity contribution is 5.81. The van der Waals surface area contributed by atoms with Gasteiger partial charge in [-0.05, 0) is 12.1 Å². The molecule has 0 aromatic heterocycles. The standard InChI is InChI=1S/C11H12O4.C7H6O/c1-9(15-11(13)7-8-12)14-10-5-3-2-4-6-10;8-6-7-4-2-1-3-5-7/h2-9,12H,1H3;1-6H. The van der Waals surface area contributed by atoms with Crippen molar-refractivity contribution in [2.24, 2.45) is 0 Å². The number of carbonyl (C=O) groups excluding carboxylic acids is 2. The van der Waals surface area contributed by atoms with Crippen LogP contribution in [-0.2, 0) is 9.53 Å². The van der Waals surface area contributed by atoms with Gasteiger partial charge in [-0.2, -0.15) is 0 Å². The monoisotopic (exact) mass is 314 g/mol. The average Bonchev–Trinajstić information content (AvgIpc) is 2.57. The first-order valence-corrected chi connectivity index (χ1v) is 6.89. The summed E-state index contributed by atoms with van der Waals surface area (Å²) in [5.41, 5.74) is 0.729. The van der Waals surface area contributed by atoms with E-state index < -0.39 is 12.3 Å². The zero-order chi connectivity index (χ0) is 16.9. The molecule has 0 aliphatic carbocycles. The Morgan fingerprint density at radius 3 is 2.09 bits per heavy atom. The fourth-order valence-corrected chi connectivity index (χ4v) is 1.51. The zero-order valence-corrected chi connectivity index (χ0v) is 12.7. The maximum atomic E-state index is 10.9. The lowest BCUT2D eigenvalue weighted by atomic mass is 10.2. The van der Waals surface area contributed by atoms with Gasteiger partial charge in [0, 0.05) is 12.5 Å². The van der Waals surface area contributed by atoms with Crippen LogP contribution in [0.25, 0.3) is 0 Å². The summed E-state index contributed by atoms with van der Waals surface area (Å²) in [6.45, 7) is 1.59. The number of ether oxygens (including phenoxy) is 2. The molecule has 2 aromatic rings. The number of esters is 1. The second kappa shape index (κ2) is 10.6. The first kappa shape index (κ1) is 18.0. The summed E-state index contributed by atoms with van der Waals surface area (Å²) in [4.78, 5) is 20.9. The molecule has 1 atom stereocenters. The van der Waals surface area contributed by atoms with E-state index in [9.17, 15) is 9.59 Å². The minimum Gasteiger partial charge on any atom is -0.515 e. The van der Waals surface area contributed by atoms with Crippen molar-refractivity contribution < 1.29 is 24.2 Å². The SMILES string of the molecule is CC(OC(=O)C=CO)Oc1ccccc1.O=Cc1ccccc1. The van der Waals surface area contributed by atoms with Gasteiger partial charge in [-0.25, -0.2) is 4.79 Å². The Hall–Kier alpha value is -3.08. The smallest absolute Gasteiger partial charge is 0.336 e. The predicted octanol–water partition coefficient (Wildman–Crippen LogP) is 3.53. The van der Waals surface area contributed by atoms with Gasteiger partial charge in [0.1, 0.15) is 12.0 Å². The Bertz CT molecular complexity index is 608. The Labute approximate surface area is 134 Å². The lowest BCUT2D eigenvalue weighted by molar-refractivity contribution is -0.155. The number of benzene rings is 2. The van der Waals surface area contributed by atoms with Gasteiger partial charge in [0.25, 0.3) is 0 Å². The highest BCUT2D eigenvalue weighted by Gasteiger charge is 2.07. The zero-order valence-electron chi connectivity index (χ0n) is 12.7. The number of aliphatic hydroxyl groups is 1. The maximum Gasteiger partial charge on any atom is 0.336 e. The topological polar surface area (TPSA) is 72.8 Å². The molecule has 2 rings (SSSR count). The van der Waals surface area contributed by atoms with Gasteiger partial charge < -0.3 is 14.6 Å². The Balaban J connectivity index is 0.000000277. The summed E-state index contributed by atoms with van der Waals surface area (Å²) in [6, 6.07) is 18.1. The minimum absolute atomic E-state index is 0.616. The van der Waals surface area contributed by atoms with Crippen molar-refractivity contribution in [1.82, 2.24) is 0 Å². The van der Waals surface area contributed by atoms with Gasteiger partial charge >= 0.3 is 5.97 Å². The third-order valence-electron chi connectivity index (χ3n) is 2.47. The van der Waals surface area contributed by atoms with Crippen molar-refractivity contribution in [2.75, 3.05) is 0 Å². The van der Waals surface area contributed by atoms with Crippen LogP contribution in [0.15, 0.2) is 73.0 Å². The van der Waals surface area contributed by atoms with Gasteiger partial charge in [0.15, 0.2) is 0 Å². The van der Waals surface area contributed by atoms with Crippen LogP contribution in [-0.4, -0.2) is 23.7 Å². The van der Waals surface area contributed by atoms with Crippen molar-refractivity contribution in [2.45, 2.75) is 13.2 Å². The molecule has 0 spiro atoms. The molecule has 0 fully saturated rings. The van der Waals surface area contributed by atoms with E-state index in [-0.39, 0.29) is 0 Å². The number of rotatable bonds is 5. The van der Waals surface area contributed by atoms with E-state index in [1.807, 2.05) is 36.4 Å². The summed E-state index contributed by atoms with van der Waals surface area (Å²) < 4.78 is 10.1. The molecule has 2 aromatic carbocycles. The molecule has 0 amide bonds. The van der Waals surface area contributed by atoms with Crippen LogP contribution in [0, 0.1) is 0 Å². The van der Waals surface area contributed by atoms with E-state index >= 15 is 0 Å². The van der Waals surface area contributed by atoms with Crippen LogP contribution < -0.4 is 4.74 Å². The molecular formula is C18H18O5. The second-order valence-corrected chi connectivity index (χ2v) is 4.28. The Kier molecular flexibility index (Phi) is 8.30. The van der Waals surface area contributed by atoms with Crippen LogP contribution in [0.2, 0.25) is 0 Å². The molecule has 5 heteroatoms. The molecule has 0 aliphatic rings. The second-order valence-electron chi connectivity index (χ2n) is 4.28. The molecule has 23 heavy (non-hydrogen) atoms. The van der Waals surface area contributed by atoms with Gasteiger partial charge in [0.2, 0.25) is 6.29 Å². The third-order valence-corrected chi connectivity index (χ3v) is 2.47. The number of para-hydroxylation sites is 1. The van der Waals surface area contributed by atoms with Crippen molar-refractivity contribution in [3.8, 4) is 5.75 Å². The van der Waals surface area contributed by atoms with E-state index in [0.717, 1.165) is 17.9 Å². The molecule has 120 valence electrons. The number of hydrogen-bond donors (Lipinski definition) is 1. The summed E-state index contributed by atoms with van der Waals surface area (Å²) in [6.07, 6.45) is 1.67. The fourth-order valence-electron chi connectivity index (χ4n) is 1.51. The van der Waals surface area contributed by atoms with Crippen LogP contribution in [0.1, 0.15) is 17.3 Å². The van der Waals surface area contributed by atoms with E-state index in [0.29, 0.717) is 12.0 Å². The van der Waals surface area contributed by atoms with E-state index in [1.165, 1.54) is 0 Å². The van der Waals surface area contributed by atoms with Crippen molar-refractivity contribution in [3.05, 3.63) is 78.6 Å². The van der Waals surface area contributed by atoms with Crippen LogP contribution >= 0.6 is 0 Å². The minimum atomic E-state index is -0.698. The predicted molar refractivity (Wildman–Crippen MR) is 86.2 cm³/mol. The molecule has 0 aliphatic heterocycles. The summed E-state index contributed by atoms with van der Waals surface area (Å²) in [5, 5.41) is 8.32. The molecule has 0 bridgehead atoms. The van der Waals surface area contributed by atoms with Crippen LogP contribution in [0.3, 0.4) is 0 Å². The fraction of sp³-hybridized carbons (Fsp3) is 0.111. The normalized spacial score (nSPS) is 11.0. The van der Waals surface area contributed by atoms with Gasteiger partial charge in [-0.15, -0.1) is 0 Å². The van der Waals surface area contributed by atoms with E-state index in [2.05, 4.69) is 0 Å². The maximum absolute atomic E-state index is 10.9. The van der Waals surface area contributed by atoms with Crippen molar-refractivity contribution in [3.63, 3.8) is 0 Å². The Morgan fingerprint density at radius 2 is 1.61 bits per heavy atom. The molecule has 0 saturated carbocycles. The highest BCUT2D eigenvalue weighted by Crippen LogP contribution is 2.11. The van der Waals surface area contributed by atoms with Crippen LogP contribution in [0.4, 0.5) is 0 Å². The molecule has 5 nitrogen and oxygen atoms in total. The van der Waals surface area contributed by atoms with E-state index in [4.69, 9.17) is 14.6 Å². The van der Waals surface area contributed by atoms with Gasteiger partial charge in [-0.3, -0.25) is 4.79 Å². The Morgan fingerprint density at radius 1 is 1.04 bits per heavy atom. The first-order chi connectivity index (χ1) is 11.2. The number of hydrogen-bond acceptors (Lipinski definition) is 5. The molecule has 0 heterocycles. The third kappa shape index (κ3) is 8.06. The molecule has 1 N–H and O–H groups in total. The quantitative estimate of drug-likeness (QED) is 0.300. The average molecular weight is 314 g/mol.